The van der Waals surface area contributed by atoms with E-state index in [1.165, 1.54) is 60.1 Å². The molecule has 0 N–H and O–H groups in total. The molecule has 0 unspecified atom stereocenters. The minimum atomic E-state index is 1.27. The summed E-state index contributed by atoms with van der Waals surface area (Å²) >= 11 is 0. The molecule has 0 bridgehead atoms. The second-order valence-electron chi connectivity index (χ2n) is 7.83. The maximum atomic E-state index is 2.30. The number of hydrogen-bond donors (Lipinski definition) is 0. The summed E-state index contributed by atoms with van der Waals surface area (Å²) in [6.07, 6.45) is 0. The van der Waals surface area contributed by atoms with Crippen LogP contribution in [0.4, 0.5) is 0 Å². The molecule has 0 aromatic heterocycles. The van der Waals surface area contributed by atoms with Gasteiger partial charge in [0.05, 0.1) is 0 Å². The Labute approximate surface area is 170 Å². The molecule has 0 heteroatoms. The molecule has 136 valence electrons. The summed E-state index contributed by atoms with van der Waals surface area (Å²) in [5.41, 5.74) is 6.51. The van der Waals surface area contributed by atoms with Crippen molar-refractivity contribution in [2.24, 2.45) is 0 Å². The fraction of sp³-hybridized carbons (Fsp3) is 0.0345. The van der Waals surface area contributed by atoms with Crippen molar-refractivity contribution >= 4 is 32.3 Å². The molecule has 0 aliphatic rings. The maximum absolute atomic E-state index is 2.30. The van der Waals surface area contributed by atoms with Crippen LogP contribution in [0.25, 0.3) is 54.6 Å². The van der Waals surface area contributed by atoms with Gasteiger partial charge in [-0.25, -0.2) is 0 Å². The zero-order valence-electron chi connectivity index (χ0n) is 16.3. The number of aryl methyl sites for hydroxylation is 1. The van der Waals surface area contributed by atoms with Crippen molar-refractivity contribution in [1.82, 2.24) is 0 Å². The molecule has 29 heavy (non-hydrogen) atoms. The van der Waals surface area contributed by atoms with Crippen LogP contribution in [-0.2, 0) is 0 Å². The molecule has 0 nitrogen and oxygen atoms in total. The Morgan fingerprint density at radius 2 is 0.966 bits per heavy atom. The van der Waals surface area contributed by atoms with Crippen molar-refractivity contribution in [2.45, 2.75) is 6.92 Å². The normalized spacial score (nSPS) is 11.6. The van der Waals surface area contributed by atoms with E-state index in [4.69, 9.17) is 0 Å². The van der Waals surface area contributed by atoms with E-state index in [9.17, 15) is 0 Å². The largest absolute Gasteiger partial charge is 0.0622 e. The molecule has 0 saturated carbocycles. The lowest BCUT2D eigenvalue weighted by Crippen LogP contribution is -1.90. The van der Waals surface area contributed by atoms with E-state index in [0.29, 0.717) is 0 Å². The summed E-state index contributed by atoms with van der Waals surface area (Å²) in [4.78, 5) is 0. The third-order valence-electron chi connectivity index (χ3n) is 6.18. The van der Waals surface area contributed by atoms with Crippen LogP contribution in [0.3, 0.4) is 0 Å². The second kappa shape index (κ2) is 6.18. The van der Waals surface area contributed by atoms with Crippen LogP contribution in [-0.4, -0.2) is 0 Å². The Morgan fingerprint density at radius 1 is 0.414 bits per heavy atom. The Hall–Kier alpha value is -3.64. The number of benzene rings is 6. The lowest BCUT2D eigenvalue weighted by Gasteiger charge is -2.17. The number of rotatable bonds is 2. The quantitative estimate of drug-likeness (QED) is 0.270. The van der Waals surface area contributed by atoms with Crippen molar-refractivity contribution in [2.75, 3.05) is 0 Å². The van der Waals surface area contributed by atoms with Gasteiger partial charge in [0.15, 0.2) is 0 Å². The van der Waals surface area contributed by atoms with E-state index in [0.717, 1.165) is 0 Å². The maximum Gasteiger partial charge on any atom is -0.00203 e. The van der Waals surface area contributed by atoms with Crippen molar-refractivity contribution in [3.05, 3.63) is 109 Å². The Bertz CT molecular complexity index is 1490. The second-order valence-corrected chi connectivity index (χ2v) is 7.83. The van der Waals surface area contributed by atoms with Crippen LogP contribution in [0, 0.1) is 6.92 Å². The molecular formula is C29H20. The third-order valence-corrected chi connectivity index (χ3v) is 6.18. The first-order valence-corrected chi connectivity index (χ1v) is 10.1. The molecule has 0 spiro atoms. The van der Waals surface area contributed by atoms with Crippen LogP contribution in [0.5, 0.6) is 0 Å². The fourth-order valence-corrected chi connectivity index (χ4v) is 4.78. The zero-order chi connectivity index (χ0) is 19.4. The zero-order valence-corrected chi connectivity index (χ0v) is 16.3. The molecule has 0 aliphatic carbocycles. The van der Waals surface area contributed by atoms with Crippen molar-refractivity contribution in [3.8, 4) is 22.3 Å². The van der Waals surface area contributed by atoms with Gasteiger partial charge in [0.25, 0.3) is 0 Å². The van der Waals surface area contributed by atoms with Crippen LogP contribution in [0.2, 0.25) is 0 Å². The van der Waals surface area contributed by atoms with Gasteiger partial charge in [-0.3, -0.25) is 0 Å². The molecular weight excluding hydrogens is 348 g/mol. The molecule has 6 rings (SSSR count). The van der Waals surface area contributed by atoms with E-state index >= 15 is 0 Å². The first-order chi connectivity index (χ1) is 14.3. The highest BCUT2D eigenvalue weighted by Gasteiger charge is 2.15. The lowest BCUT2D eigenvalue weighted by atomic mass is 9.86. The van der Waals surface area contributed by atoms with Gasteiger partial charge in [0.1, 0.15) is 0 Å². The molecule has 0 aliphatic heterocycles. The molecule has 0 saturated heterocycles. The van der Waals surface area contributed by atoms with E-state index in [1.807, 2.05) is 0 Å². The van der Waals surface area contributed by atoms with Gasteiger partial charge >= 0.3 is 0 Å². The molecule has 0 radical (unpaired) electrons. The Balaban J connectivity index is 1.76. The summed E-state index contributed by atoms with van der Waals surface area (Å²) in [6, 6.07) is 37.6. The SMILES string of the molecule is Cc1ccccc1-c1ccc2ccc3c(-c4ccccc4)ccc4ccc1c2c43. The van der Waals surface area contributed by atoms with E-state index in [-0.39, 0.29) is 0 Å². The highest BCUT2D eigenvalue weighted by atomic mass is 14.2. The lowest BCUT2D eigenvalue weighted by molar-refractivity contribution is 1.47. The summed E-state index contributed by atoms with van der Waals surface area (Å²) < 4.78 is 0. The third kappa shape index (κ3) is 2.39. The summed E-state index contributed by atoms with van der Waals surface area (Å²) in [7, 11) is 0. The van der Waals surface area contributed by atoms with E-state index in [1.54, 1.807) is 0 Å². The van der Waals surface area contributed by atoms with Gasteiger partial charge in [0.2, 0.25) is 0 Å². The van der Waals surface area contributed by atoms with Gasteiger partial charge in [-0.05, 0) is 67.1 Å². The topological polar surface area (TPSA) is 0 Å². The van der Waals surface area contributed by atoms with Gasteiger partial charge in [-0.1, -0.05) is 103 Å². The summed E-state index contributed by atoms with van der Waals surface area (Å²) in [5.74, 6) is 0. The van der Waals surface area contributed by atoms with Crippen LogP contribution in [0.1, 0.15) is 5.56 Å². The molecule has 0 heterocycles. The first-order valence-electron chi connectivity index (χ1n) is 10.1. The van der Waals surface area contributed by atoms with Crippen molar-refractivity contribution in [1.29, 1.82) is 0 Å². The molecule has 6 aromatic carbocycles. The van der Waals surface area contributed by atoms with E-state index < -0.39 is 0 Å². The summed E-state index contributed by atoms with van der Waals surface area (Å²) in [6.45, 7) is 2.20. The standard InChI is InChI=1S/C29H20/c1-19-7-5-6-10-23(19)25-16-12-22-13-17-26-24(20-8-3-2-4-9-20)15-11-21-14-18-27(25)29(22)28(21)26/h2-18H,1H3. The highest BCUT2D eigenvalue weighted by molar-refractivity contribution is 6.27. The first kappa shape index (κ1) is 16.3. The van der Waals surface area contributed by atoms with Gasteiger partial charge in [-0.15, -0.1) is 0 Å². The molecule has 0 fully saturated rings. The smallest absolute Gasteiger partial charge is 0.00203 e. The predicted octanol–water partition coefficient (Wildman–Crippen LogP) is 8.23. The molecule has 0 amide bonds. The van der Waals surface area contributed by atoms with Crippen molar-refractivity contribution < 1.29 is 0 Å². The molecule has 6 aromatic rings. The minimum absolute atomic E-state index is 1.27. The van der Waals surface area contributed by atoms with Crippen LogP contribution < -0.4 is 0 Å². The van der Waals surface area contributed by atoms with Crippen LogP contribution in [0.15, 0.2) is 103 Å². The van der Waals surface area contributed by atoms with E-state index in [2.05, 4.69) is 110 Å². The average Bonchev–Trinajstić information content (AvgIpc) is 2.78. The average molecular weight is 368 g/mol. The van der Waals surface area contributed by atoms with Crippen molar-refractivity contribution in [3.63, 3.8) is 0 Å². The Morgan fingerprint density at radius 3 is 1.66 bits per heavy atom. The predicted molar refractivity (Wildman–Crippen MR) is 126 cm³/mol. The van der Waals surface area contributed by atoms with Gasteiger partial charge < -0.3 is 0 Å². The van der Waals surface area contributed by atoms with Gasteiger partial charge in [0, 0.05) is 0 Å². The summed E-state index contributed by atoms with van der Waals surface area (Å²) in [5, 5.41) is 8.02. The Kier molecular flexibility index (Phi) is 3.48. The van der Waals surface area contributed by atoms with Gasteiger partial charge in [-0.2, -0.15) is 0 Å². The highest BCUT2D eigenvalue weighted by Crippen LogP contribution is 2.42. The van der Waals surface area contributed by atoms with Crippen LogP contribution >= 0.6 is 0 Å². The minimum Gasteiger partial charge on any atom is -0.0622 e. The molecule has 0 atom stereocenters. The monoisotopic (exact) mass is 368 g/mol. The number of hydrogen-bond acceptors (Lipinski definition) is 0. The fourth-order valence-electron chi connectivity index (χ4n) is 4.78.